The summed E-state index contributed by atoms with van der Waals surface area (Å²) < 4.78 is 5.27. The van der Waals surface area contributed by atoms with Gasteiger partial charge in [-0.25, -0.2) is 0 Å². The molecule has 0 bridgehead atoms. The summed E-state index contributed by atoms with van der Waals surface area (Å²) in [5, 5.41) is 21.3. The number of carbonyl (C=O) groups excluding carboxylic acids is 2. The quantitative estimate of drug-likeness (QED) is 0.349. The second kappa shape index (κ2) is 8.25. The Hall–Kier alpha value is -2.72. The third-order valence-electron chi connectivity index (χ3n) is 6.04. The smallest absolute Gasteiger partial charge is 0.264 e. The average Bonchev–Trinajstić information content (AvgIpc) is 3.44. The summed E-state index contributed by atoms with van der Waals surface area (Å²) in [5.74, 6) is -1.12. The zero-order valence-electron chi connectivity index (χ0n) is 17.5. The monoisotopic (exact) mass is 571 g/mol. The van der Waals surface area contributed by atoms with Crippen LogP contribution in [0.1, 0.15) is 18.1 Å². The molecule has 1 aliphatic rings. The lowest BCUT2D eigenvalue weighted by Gasteiger charge is -2.10. The largest absolute Gasteiger partial charge is 0.376 e. The number of aromatic nitrogens is 2. The van der Waals surface area contributed by atoms with Crippen LogP contribution in [0.3, 0.4) is 0 Å². The molecule has 2 amide bonds. The van der Waals surface area contributed by atoms with Crippen LogP contribution < -0.4 is 0 Å². The Labute approximate surface area is 205 Å². The molecule has 1 aliphatic heterocycles. The number of benzene rings is 2. The van der Waals surface area contributed by atoms with Crippen molar-refractivity contribution in [3.63, 3.8) is 0 Å². The van der Waals surface area contributed by atoms with Gasteiger partial charge in [-0.3, -0.25) is 14.5 Å². The highest BCUT2D eigenvalue weighted by Gasteiger charge is 2.41. The standard InChI is InChI=1S/C24H19Br2N3O4/c1-2-27-9-15(13-5-3-7-17(25)21(13)27)19-20(24(33)29(12-31)23(19)32)16-10-28(11-30)22-14(16)6-4-8-18(22)26/h3-10,30-31H,2,11-12H2,1H3. The van der Waals surface area contributed by atoms with Crippen LogP contribution in [0, 0.1) is 0 Å². The Bertz CT molecular complexity index is 1390. The van der Waals surface area contributed by atoms with E-state index in [2.05, 4.69) is 31.9 Å². The highest BCUT2D eigenvalue weighted by Crippen LogP contribution is 2.43. The maximum absolute atomic E-state index is 13.4. The summed E-state index contributed by atoms with van der Waals surface area (Å²) in [6.45, 7) is 1.66. The first-order chi connectivity index (χ1) is 15.9. The average molecular weight is 573 g/mol. The van der Waals surface area contributed by atoms with E-state index in [1.165, 1.54) is 0 Å². The molecule has 0 saturated heterocycles. The van der Waals surface area contributed by atoms with E-state index in [9.17, 15) is 19.8 Å². The minimum Gasteiger partial charge on any atom is -0.376 e. The lowest BCUT2D eigenvalue weighted by atomic mass is 9.95. The predicted octanol–water partition coefficient (Wildman–Crippen LogP) is 4.32. The number of aliphatic hydroxyl groups excluding tert-OH is 2. The zero-order chi connectivity index (χ0) is 23.4. The third-order valence-corrected chi connectivity index (χ3v) is 7.32. The summed E-state index contributed by atoms with van der Waals surface area (Å²) in [6.07, 6.45) is 3.55. The van der Waals surface area contributed by atoms with Gasteiger partial charge in [-0.15, -0.1) is 0 Å². The van der Waals surface area contributed by atoms with Crippen molar-refractivity contribution in [3.05, 3.63) is 68.9 Å². The van der Waals surface area contributed by atoms with E-state index in [1.807, 2.05) is 54.1 Å². The molecule has 2 N–H and O–H groups in total. The van der Waals surface area contributed by atoms with E-state index in [0.717, 1.165) is 24.7 Å². The number of halogens is 2. The van der Waals surface area contributed by atoms with Gasteiger partial charge in [-0.05, 0) is 50.9 Å². The molecular formula is C24H19Br2N3O4. The predicted molar refractivity (Wildman–Crippen MR) is 133 cm³/mol. The number of imide groups is 1. The Morgan fingerprint density at radius 3 is 1.70 bits per heavy atom. The Balaban J connectivity index is 1.90. The van der Waals surface area contributed by atoms with Crippen LogP contribution in [0.4, 0.5) is 0 Å². The number of hydrogen-bond donors (Lipinski definition) is 2. The molecule has 0 fully saturated rings. The number of rotatable bonds is 5. The lowest BCUT2D eigenvalue weighted by molar-refractivity contribution is -0.139. The van der Waals surface area contributed by atoms with Crippen LogP contribution in [0.25, 0.3) is 33.0 Å². The van der Waals surface area contributed by atoms with Gasteiger partial charge in [-0.1, -0.05) is 24.3 Å². The highest BCUT2D eigenvalue weighted by molar-refractivity contribution is 9.11. The number of carbonyl (C=O) groups is 2. The fourth-order valence-corrected chi connectivity index (χ4v) is 5.78. The van der Waals surface area contributed by atoms with E-state index in [0.29, 0.717) is 28.6 Å². The fourth-order valence-electron chi connectivity index (χ4n) is 4.59. The lowest BCUT2D eigenvalue weighted by Crippen LogP contribution is -2.32. The number of hydrogen-bond acceptors (Lipinski definition) is 4. The van der Waals surface area contributed by atoms with E-state index in [4.69, 9.17) is 0 Å². The first kappa shape index (κ1) is 22.1. The summed E-state index contributed by atoms with van der Waals surface area (Å²) >= 11 is 7.12. The number of aryl methyl sites for hydroxylation is 1. The van der Waals surface area contributed by atoms with Crippen LogP contribution in [0.5, 0.6) is 0 Å². The maximum Gasteiger partial charge on any atom is 0.264 e. The van der Waals surface area contributed by atoms with Crippen molar-refractivity contribution < 1.29 is 19.8 Å². The SMILES string of the molecule is CCn1cc(C2=C(c3cn(CO)c4c(Br)cccc34)C(=O)N(CO)C2=O)c2cccc(Br)c21. The molecule has 168 valence electrons. The number of aliphatic hydroxyl groups is 2. The first-order valence-corrected chi connectivity index (χ1v) is 11.9. The van der Waals surface area contributed by atoms with Gasteiger partial charge < -0.3 is 19.3 Å². The Morgan fingerprint density at radius 1 is 0.758 bits per heavy atom. The van der Waals surface area contributed by atoms with Crippen LogP contribution in [-0.4, -0.2) is 42.8 Å². The highest BCUT2D eigenvalue weighted by atomic mass is 79.9. The van der Waals surface area contributed by atoms with Crippen LogP contribution in [0.2, 0.25) is 0 Å². The number of nitrogens with zero attached hydrogens (tertiary/aromatic N) is 3. The third kappa shape index (κ3) is 3.14. The Morgan fingerprint density at radius 2 is 1.24 bits per heavy atom. The molecule has 9 heteroatoms. The molecule has 3 heterocycles. The van der Waals surface area contributed by atoms with Crippen LogP contribution in [-0.2, 0) is 22.9 Å². The van der Waals surface area contributed by atoms with Gasteiger partial charge in [0.15, 0.2) is 0 Å². The molecule has 0 unspecified atom stereocenters. The van der Waals surface area contributed by atoms with Crippen molar-refractivity contribution in [2.45, 2.75) is 20.2 Å². The molecular weight excluding hydrogens is 554 g/mol. The molecule has 2 aromatic carbocycles. The number of amides is 2. The van der Waals surface area contributed by atoms with Crippen molar-refractivity contribution in [2.24, 2.45) is 0 Å². The van der Waals surface area contributed by atoms with Gasteiger partial charge in [0.05, 0.1) is 22.2 Å². The van der Waals surface area contributed by atoms with E-state index < -0.39 is 18.5 Å². The summed E-state index contributed by atoms with van der Waals surface area (Å²) in [6, 6.07) is 11.3. The number of fused-ring (bicyclic) bond motifs is 2. The van der Waals surface area contributed by atoms with Crippen molar-refractivity contribution in [1.29, 1.82) is 0 Å². The topological polar surface area (TPSA) is 87.7 Å². The van der Waals surface area contributed by atoms with E-state index in [1.54, 1.807) is 10.8 Å². The van der Waals surface area contributed by atoms with Crippen molar-refractivity contribution in [3.8, 4) is 0 Å². The van der Waals surface area contributed by atoms with Crippen molar-refractivity contribution >= 4 is 76.6 Å². The number of para-hydroxylation sites is 2. The van der Waals surface area contributed by atoms with E-state index in [-0.39, 0.29) is 17.9 Å². The minimum absolute atomic E-state index is 0.208. The molecule has 33 heavy (non-hydrogen) atoms. The molecule has 2 aromatic heterocycles. The molecule has 0 radical (unpaired) electrons. The molecule has 0 aliphatic carbocycles. The van der Waals surface area contributed by atoms with Gasteiger partial charge in [-0.2, -0.15) is 0 Å². The van der Waals surface area contributed by atoms with Crippen LogP contribution >= 0.6 is 31.9 Å². The minimum atomic E-state index is -0.719. The molecule has 0 saturated carbocycles. The van der Waals surface area contributed by atoms with Gasteiger partial charge in [0.1, 0.15) is 13.5 Å². The molecule has 4 aromatic rings. The molecule has 5 rings (SSSR count). The van der Waals surface area contributed by atoms with E-state index >= 15 is 0 Å². The molecule has 0 spiro atoms. The second-order valence-electron chi connectivity index (χ2n) is 7.68. The zero-order valence-corrected chi connectivity index (χ0v) is 20.7. The van der Waals surface area contributed by atoms with Crippen LogP contribution in [0.15, 0.2) is 57.7 Å². The van der Waals surface area contributed by atoms with Gasteiger partial charge in [0.25, 0.3) is 11.8 Å². The summed E-state index contributed by atoms with van der Waals surface area (Å²) in [4.78, 5) is 27.7. The second-order valence-corrected chi connectivity index (χ2v) is 9.39. The Kier molecular flexibility index (Phi) is 5.52. The van der Waals surface area contributed by atoms with Gasteiger partial charge >= 0.3 is 0 Å². The molecule has 7 nitrogen and oxygen atoms in total. The maximum atomic E-state index is 13.4. The fraction of sp³-hybridized carbons (Fsp3) is 0.167. The van der Waals surface area contributed by atoms with Gasteiger partial charge in [0, 0.05) is 49.8 Å². The van der Waals surface area contributed by atoms with Crippen molar-refractivity contribution in [1.82, 2.24) is 14.0 Å². The summed E-state index contributed by atoms with van der Waals surface area (Å²) in [5.41, 5.74) is 3.23. The first-order valence-electron chi connectivity index (χ1n) is 10.3. The summed E-state index contributed by atoms with van der Waals surface area (Å²) in [7, 11) is 0. The normalized spacial score (nSPS) is 14.5. The van der Waals surface area contributed by atoms with Crippen molar-refractivity contribution in [2.75, 3.05) is 6.73 Å². The van der Waals surface area contributed by atoms with Gasteiger partial charge in [0.2, 0.25) is 0 Å². The molecule has 0 atom stereocenters.